The summed E-state index contributed by atoms with van der Waals surface area (Å²) in [6, 6.07) is 0. The lowest BCUT2D eigenvalue weighted by molar-refractivity contribution is 0.597. The molecule has 0 aromatic carbocycles. The standard InChI is InChI=1S/C7H7N3O/c1-4-6-7(8-3-11-6)10-5(2)9-4/h3H,1-2H3. The second-order valence-corrected chi connectivity index (χ2v) is 2.36. The monoisotopic (exact) mass is 149 g/mol. The molecule has 0 saturated heterocycles. The summed E-state index contributed by atoms with van der Waals surface area (Å²) in [6.07, 6.45) is 1.38. The molecule has 0 aliphatic carbocycles. The molecule has 0 saturated carbocycles. The summed E-state index contributed by atoms with van der Waals surface area (Å²) < 4.78 is 5.07. The van der Waals surface area contributed by atoms with Gasteiger partial charge in [0, 0.05) is 0 Å². The molecule has 0 atom stereocenters. The SMILES string of the molecule is Cc1nc(C)c2ocnc2n1. The fourth-order valence-corrected chi connectivity index (χ4v) is 1.04. The normalized spacial score (nSPS) is 10.7. The van der Waals surface area contributed by atoms with Crippen LogP contribution in [0, 0.1) is 13.8 Å². The summed E-state index contributed by atoms with van der Waals surface area (Å²) in [7, 11) is 0. The lowest BCUT2D eigenvalue weighted by Gasteiger charge is -1.92. The molecule has 0 radical (unpaired) electrons. The van der Waals surface area contributed by atoms with Gasteiger partial charge in [0.05, 0.1) is 5.69 Å². The van der Waals surface area contributed by atoms with Gasteiger partial charge in [0.2, 0.25) is 5.65 Å². The van der Waals surface area contributed by atoms with E-state index >= 15 is 0 Å². The lowest BCUT2D eigenvalue weighted by Crippen LogP contribution is -1.90. The van der Waals surface area contributed by atoms with Crippen LogP contribution in [0.15, 0.2) is 10.8 Å². The van der Waals surface area contributed by atoms with Crippen LogP contribution in [0.4, 0.5) is 0 Å². The van der Waals surface area contributed by atoms with E-state index < -0.39 is 0 Å². The van der Waals surface area contributed by atoms with E-state index in [1.807, 2.05) is 13.8 Å². The van der Waals surface area contributed by atoms with Crippen LogP contribution in [0.2, 0.25) is 0 Å². The van der Waals surface area contributed by atoms with Gasteiger partial charge in [-0.2, -0.15) is 4.98 Å². The molecule has 0 fully saturated rings. The summed E-state index contributed by atoms with van der Waals surface area (Å²) in [5, 5.41) is 0. The quantitative estimate of drug-likeness (QED) is 0.565. The van der Waals surface area contributed by atoms with Crippen molar-refractivity contribution >= 4 is 11.2 Å². The Balaban J connectivity index is 2.91. The maximum absolute atomic E-state index is 5.07. The zero-order valence-corrected chi connectivity index (χ0v) is 6.33. The molecule has 0 unspecified atom stereocenters. The second kappa shape index (κ2) is 2.02. The van der Waals surface area contributed by atoms with Crippen LogP contribution >= 0.6 is 0 Å². The molecule has 0 bridgehead atoms. The number of fused-ring (bicyclic) bond motifs is 1. The highest BCUT2D eigenvalue weighted by Crippen LogP contribution is 2.12. The second-order valence-electron chi connectivity index (χ2n) is 2.36. The molecule has 0 N–H and O–H groups in total. The summed E-state index contributed by atoms with van der Waals surface area (Å²) in [5.74, 6) is 0.726. The van der Waals surface area contributed by atoms with E-state index in [0.29, 0.717) is 11.2 Å². The summed E-state index contributed by atoms with van der Waals surface area (Å²) in [6.45, 7) is 3.71. The first-order valence-electron chi connectivity index (χ1n) is 3.32. The average molecular weight is 149 g/mol. The number of aryl methyl sites for hydroxylation is 2. The van der Waals surface area contributed by atoms with Crippen molar-refractivity contribution in [1.82, 2.24) is 15.0 Å². The molecule has 2 aromatic rings. The molecule has 2 rings (SSSR count). The minimum absolute atomic E-state index is 0.634. The first kappa shape index (κ1) is 6.27. The third kappa shape index (κ3) is 0.869. The largest absolute Gasteiger partial charge is 0.440 e. The predicted molar refractivity (Wildman–Crippen MR) is 39.1 cm³/mol. The highest BCUT2D eigenvalue weighted by molar-refractivity contribution is 5.69. The lowest BCUT2D eigenvalue weighted by atomic mass is 10.4. The topological polar surface area (TPSA) is 51.8 Å². The van der Waals surface area contributed by atoms with E-state index in [1.54, 1.807) is 0 Å². The van der Waals surface area contributed by atoms with Gasteiger partial charge in [0.25, 0.3) is 0 Å². The Morgan fingerprint density at radius 3 is 2.91 bits per heavy atom. The Morgan fingerprint density at radius 2 is 2.09 bits per heavy atom. The molecule has 0 spiro atoms. The van der Waals surface area contributed by atoms with Gasteiger partial charge in [-0.05, 0) is 13.8 Å². The summed E-state index contributed by atoms with van der Waals surface area (Å²) in [4.78, 5) is 12.1. The van der Waals surface area contributed by atoms with Crippen molar-refractivity contribution in [2.45, 2.75) is 13.8 Å². The number of hydrogen-bond acceptors (Lipinski definition) is 4. The molecule has 11 heavy (non-hydrogen) atoms. The van der Waals surface area contributed by atoms with E-state index in [9.17, 15) is 0 Å². The Bertz CT molecular complexity index is 393. The Kier molecular flexibility index (Phi) is 1.15. The highest BCUT2D eigenvalue weighted by atomic mass is 16.3. The molecular formula is C7H7N3O. The molecule has 2 heterocycles. The van der Waals surface area contributed by atoms with E-state index in [4.69, 9.17) is 4.42 Å². The van der Waals surface area contributed by atoms with Gasteiger partial charge in [-0.15, -0.1) is 0 Å². The van der Waals surface area contributed by atoms with Gasteiger partial charge >= 0.3 is 0 Å². The van der Waals surface area contributed by atoms with Gasteiger partial charge in [-0.25, -0.2) is 9.97 Å². The van der Waals surface area contributed by atoms with Gasteiger partial charge < -0.3 is 4.42 Å². The first-order chi connectivity index (χ1) is 5.27. The van der Waals surface area contributed by atoms with E-state index in [2.05, 4.69) is 15.0 Å². The van der Waals surface area contributed by atoms with Crippen molar-refractivity contribution in [2.24, 2.45) is 0 Å². The summed E-state index contributed by atoms with van der Waals surface area (Å²) in [5.41, 5.74) is 2.15. The van der Waals surface area contributed by atoms with Gasteiger partial charge in [-0.1, -0.05) is 0 Å². The molecule has 4 heteroatoms. The molecule has 0 aliphatic heterocycles. The minimum atomic E-state index is 0.634. The first-order valence-corrected chi connectivity index (χ1v) is 3.32. The van der Waals surface area contributed by atoms with Gasteiger partial charge in [-0.3, -0.25) is 0 Å². The van der Waals surface area contributed by atoms with Crippen LogP contribution in [-0.2, 0) is 0 Å². The van der Waals surface area contributed by atoms with E-state index in [0.717, 1.165) is 11.5 Å². The number of rotatable bonds is 0. The number of nitrogens with zero attached hydrogens (tertiary/aromatic N) is 3. The van der Waals surface area contributed by atoms with Crippen LogP contribution in [0.25, 0.3) is 11.2 Å². The van der Waals surface area contributed by atoms with Crippen molar-refractivity contribution in [1.29, 1.82) is 0 Å². The third-order valence-electron chi connectivity index (χ3n) is 1.47. The van der Waals surface area contributed by atoms with Crippen LogP contribution in [0.3, 0.4) is 0 Å². The van der Waals surface area contributed by atoms with Gasteiger partial charge in [0.1, 0.15) is 5.82 Å². The smallest absolute Gasteiger partial charge is 0.202 e. The van der Waals surface area contributed by atoms with E-state index in [1.165, 1.54) is 6.39 Å². The molecule has 4 nitrogen and oxygen atoms in total. The maximum Gasteiger partial charge on any atom is 0.202 e. The zero-order chi connectivity index (χ0) is 7.84. The predicted octanol–water partition coefficient (Wildman–Crippen LogP) is 1.23. The third-order valence-corrected chi connectivity index (χ3v) is 1.47. The fraction of sp³-hybridized carbons (Fsp3) is 0.286. The van der Waals surface area contributed by atoms with Crippen molar-refractivity contribution in [3.05, 3.63) is 17.9 Å². The van der Waals surface area contributed by atoms with Crippen molar-refractivity contribution in [2.75, 3.05) is 0 Å². The molecular weight excluding hydrogens is 142 g/mol. The molecule has 0 aliphatic rings. The van der Waals surface area contributed by atoms with Crippen molar-refractivity contribution < 1.29 is 4.42 Å². The van der Waals surface area contributed by atoms with Gasteiger partial charge in [0.15, 0.2) is 12.0 Å². The summed E-state index contributed by atoms with van der Waals surface area (Å²) >= 11 is 0. The minimum Gasteiger partial charge on any atom is -0.440 e. The Morgan fingerprint density at radius 1 is 1.27 bits per heavy atom. The van der Waals surface area contributed by atoms with Crippen LogP contribution in [-0.4, -0.2) is 15.0 Å². The van der Waals surface area contributed by atoms with E-state index in [-0.39, 0.29) is 0 Å². The number of aromatic nitrogens is 3. The van der Waals surface area contributed by atoms with Crippen LogP contribution in [0.5, 0.6) is 0 Å². The molecule has 2 aromatic heterocycles. The highest BCUT2D eigenvalue weighted by Gasteiger charge is 2.04. The fourth-order valence-electron chi connectivity index (χ4n) is 1.04. The van der Waals surface area contributed by atoms with Crippen molar-refractivity contribution in [3.63, 3.8) is 0 Å². The Labute approximate surface area is 63.3 Å². The van der Waals surface area contributed by atoms with Crippen LogP contribution in [0.1, 0.15) is 11.5 Å². The number of hydrogen-bond donors (Lipinski definition) is 0. The zero-order valence-electron chi connectivity index (χ0n) is 6.33. The van der Waals surface area contributed by atoms with Crippen LogP contribution < -0.4 is 0 Å². The molecule has 56 valence electrons. The van der Waals surface area contributed by atoms with Crippen molar-refractivity contribution in [3.8, 4) is 0 Å². The Hall–Kier alpha value is -1.45. The molecule has 0 amide bonds. The number of oxazole rings is 1. The maximum atomic E-state index is 5.07. The average Bonchev–Trinajstić information content (AvgIpc) is 2.34.